The molecule has 0 spiro atoms. The van der Waals surface area contributed by atoms with Crippen LogP contribution in [0.5, 0.6) is 0 Å². The van der Waals surface area contributed by atoms with Crippen molar-refractivity contribution in [3.05, 3.63) is 46.7 Å². The number of rotatable bonds is 8. The van der Waals surface area contributed by atoms with Gasteiger partial charge in [0.2, 0.25) is 5.91 Å². The summed E-state index contributed by atoms with van der Waals surface area (Å²) in [6, 6.07) is 5.81. The SMILES string of the molecule is Cc1cc(C)c(NC(=O)CCN(C)CCCn2cccn2)c(Cl)c1. The zero-order chi connectivity index (χ0) is 17.5. The van der Waals surface area contributed by atoms with Crippen molar-refractivity contribution in [3.63, 3.8) is 0 Å². The van der Waals surface area contributed by atoms with E-state index in [-0.39, 0.29) is 5.91 Å². The predicted octanol–water partition coefficient (Wildman–Crippen LogP) is 3.50. The van der Waals surface area contributed by atoms with Gasteiger partial charge in [-0.05, 0) is 57.1 Å². The molecule has 6 heteroatoms. The Morgan fingerprint density at radius 2 is 2.12 bits per heavy atom. The fourth-order valence-corrected chi connectivity index (χ4v) is 2.98. The van der Waals surface area contributed by atoms with Crippen molar-refractivity contribution in [3.8, 4) is 0 Å². The van der Waals surface area contributed by atoms with Crippen LogP contribution in [0.4, 0.5) is 5.69 Å². The highest BCUT2D eigenvalue weighted by Crippen LogP contribution is 2.27. The Balaban J connectivity index is 1.72. The molecule has 130 valence electrons. The number of carbonyl (C=O) groups excluding carboxylic acids is 1. The number of hydrogen-bond acceptors (Lipinski definition) is 3. The number of nitrogens with one attached hydrogen (secondary N) is 1. The standard InChI is InChI=1S/C18H25ClN4O/c1-14-12-15(2)18(16(19)13-14)21-17(24)6-11-22(3)8-5-10-23-9-4-7-20-23/h4,7,9,12-13H,5-6,8,10-11H2,1-3H3,(H,21,24). The third-order valence-electron chi connectivity index (χ3n) is 3.90. The van der Waals surface area contributed by atoms with Crippen molar-refractivity contribution in [2.75, 3.05) is 25.5 Å². The Morgan fingerprint density at radius 1 is 1.33 bits per heavy atom. The minimum atomic E-state index is -0.0113. The number of halogens is 1. The molecule has 0 saturated heterocycles. The molecule has 0 aliphatic rings. The summed E-state index contributed by atoms with van der Waals surface area (Å²) >= 11 is 6.23. The minimum absolute atomic E-state index is 0.0113. The fourth-order valence-electron chi connectivity index (χ4n) is 2.62. The highest BCUT2D eigenvalue weighted by atomic mass is 35.5. The largest absolute Gasteiger partial charge is 0.325 e. The van der Waals surface area contributed by atoms with E-state index in [1.165, 1.54) is 0 Å². The lowest BCUT2D eigenvalue weighted by molar-refractivity contribution is -0.116. The molecule has 1 heterocycles. The average molecular weight is 349 g/mol. The Morgan fingerprint density at radius 3 is 2.79 bits per heavy atom. The van der Waals surface area contributed by atoms with Gasteiger partial charge in [0.15, 0.2) is 0 Å². The summed E-state index contributed by atoms with van der Waals surface area (Å²) in [5.74, 6) is -0.0113. The summed E-state index contributed by atoms with van der Waals surface area (Å²) in [4.78, 5) is 14.3. The second-order valence-electron chi connectivity index (χ2n) is 6.16. The van der Waals surface area contributed by atoms with Gasteiger partial charge in [-0.25, -0.2) is 0 Å². The average Bonchev–Trinajstić information content (AvgIpc) is 3.02. The van der Waals surface area contributed by atoms with Crippen LogP contribution in [0, 0.1) is 13.8 Å². The number of carbonyl (C=O) groups is 1. The van der Waals surface area contributed by atoms with Gasteiger partial charge in [0.05, 0.1) is 10.7 Å². The van der Waals surface area contributed by atoms with Crippen molar-refractivity contribution >= 4 is 23.2 Å². The molecule has 5 nitrogen and oxygen atoms in total. The van der Waals surface area contributed by atoms with Gasteiger partial charge in [-0.15, -0.1) is 0 Å². The normalized spacial score (nSPS) is 11.0. The summed E-state index contributed by atoms with van der Waals surface area (Å²) in [6.07, 6.45) is 5.19. The first-order valence-electron chi connectivity index (χ1n) is 8.18. The van der Waals surface area contributed by atoms with Crippen LogP contribution in [0.25, 0.3) is 0 Å². The van der Waals surface area contributed by atoms with Crippen LogP contribution in [0.15, 0.2) is 30.6 Å². The van der Waals surface area contributed by atoms with E-state index in [1.54, 1.807) is 6.20 Å². The van der Waals surface area contributed by atoms with E-state index >= 15 is 0 Å². The number of anilines is 1. The number of aromatic nitrogens is 2. The lowest BCUT2D eigenvalue weighted by Crippen LogP contribution is -2.26. The van der Waals surface area contributed by atoms with Crippen molar-refractivity contribution in [1.82, 2.24) is 14.7 Å². The maximum atomic E-state index is 12.2. The van der Waals surface area contributed by atoms with E-state index in [9.17, 15) is 4.79 Å². The number of hydrogen-bond donors (Lipinski definition) is 1. The molecule has 0 atom stereocenters. The zero-order valence-electron chi connectivity index (χ0n) is 14.6. The maximum absolute atomic E-state index is 12.2. The second-order valence-corrected chi connectivity index (χ2v) is 6.57. The molecule has 0 aliphatic carbocycles. The molecule has 1 amide bonds. The van der Waals surface area contributed by atoms with Gasteiger partial charge in [0.25, 0.3) is 0 Å². The van der Waals surface area contributed by atoms with Crippen LogP contribution in [0.3, 0.4) is 0 Å². The number of benzene rings is 1. The monoisotopic (exact) mass is 348 g/mol. The molecule has 1 aromatic carbocycles. The number of amides is 1. The summed E-state index contributed by atoms with van der Waals surface area (Å²) in [7, 11) is 2.03. The second kappa shape index (κ2) is 8.85. The van der Waals surface area contributed by atoms with Gasteiger partial charge >= 0.3 is 0 Å². The van der Waals surface area contributed by atoms with E-state index in [2.05, 4.69) is 15.3 Å². The molecule has 0 fully saturated rings. The first kappa shape index (κ1) is 18.5. The summed E-state index contributed by atoms with van der Waals surface area (Å²) in [5, 5.41) is 7.70. The smallest absolute Gasteiger partial charge is 0.225 e. The van der Waals surface area contributed by atoms with E-state index in [0.29, 0.717) is 23.7 Å². The van der Waals surface area contributed by atoms with E-state index in [4.69, 9.17) is 11.6 Å². The third kappa shape index (κ3) is 5.65. The molecule has 1 aromatic heterocycles. The molecule has 2 aromatic rings. The Hall–Kier alpha value is -1.85. The molecule has 24 heavy (non-hydrogen) atoms. The first-order chi connectivity index (χ1) is 11.5. The Bertz CT molecular complexity index is 647. The zero-order valence-corrected chi connectivity index (χ0v) is 15.3. The topological polar surface area (TPSA) is 50.2 Å². The first-order valence-corrected chi connectivity index (χ1v) is 8.56. The van der Waals surface area contributed by atoms with Crippen LogP contribution >= 0.6 is 11.6 Å². The quantitative estimate of drug-likeness (QED) is 0.794. The lowest BCUT2D eigenvalue weighted by Gasteiger charge is -2.17. The summed E-state index contributed by atoms with van der Waals surface area (Å²) in [5.41, 5.74) is 2.79. The molecular formula is C18H25ClN4O. The lowest BCUT2D eigenvalue weighted by atomic mass is 10.1. The molecule has 1 N–H and O–H groups in total. The van der Waals surface area contributed by atoms with Crippen LogP contribution in [0.1, 0.15) is 24.0 Å². The van der Waals surface area contributed by atoms with Gasteiger partial charge < -0.3 is 10.2 Å². The van der Waals surface area contributed by atoms with E-state index in [0.717, 1.165) is 30.6 Å². The van der Waals surface area contributed by atoms with Crippen LogP contribution in [0.2, 0.25) is 5.02 Å². The highest BCUT2D eigenvalue weighted by molar-refractivity contribution is 6.34. The molecule has 0 unspecified atom stereocenters. The van der Waals surface area contributed by atoms with Gasteiger partial charge in [-0.3, -0.25) is 9.48 Å². The fraction of sp³-hybridized carbons (Fsp3) is 0.444. The minimum Gasteiger partial charge on any atom is -0.325 e. The van der Waals surface area contributed by atoms with Crippen LogP contribution < -0.4 is 5.32 Å². The van der Waals surface area contributed by atoms with Gasteiger partial charge in [0, 0.05) is 31.9 Å². The highest BCUT2D eigenvalue weighted by Gasteiger charge is 2.10. The van der Waals surface area contributed by atoms with E-state index < -0.39 is 0 Å². The van der Waals surface area contributed by atoms with Crippen molar-refractivity contribution in [1.29, 1.82) is 0 Å². The van der Waals surface area contributed by atoms with Crippen molar-refractivity contribution in [2.45, 2.75) is 33.2 Å². The van der Waals surface area contributed by atoms with Gasteiger partial charge in [-0.1, -0.05) is 17.7 Å². The Kier molecular flexibility index (Phi) is 6.82. The van der Waals surface area contributed by atoms with Crippen molar-refractivity contribution < 1.29 is 4.79 Å². The predicted molar refractivity (Wildman–Crippen MR) is 98.5 cm³/mol. The van der Waals surface area contributed by atoms with Crippen LogP contribution in [-0.4, -0.2) is 40.7 Å². The third-order valence-corrected chi connectivity index (χ3v) is 4.20. The summed E-state index contributed by atoms with van der Waals surface area (Å²) < 4.78 is 1.92. The Labute approximate surface area is 148 Å². The molecule has 0 radical (unpaired) electrons. The molecular weight excluding hydrogens is 324 g/mol. The van der Waals surface area contributed by atoms with Crippen molar-refractivity contribution in [2.24, 2.45) is 0 Å². The molecule has 0 saturated carbocycles. The molecule has 2 rings (SSSR count). The molecule has 0 aliphatic heterocycles. The summed E-state index contributed by atoms with van der Waals surface area (Å²) in [6.45, 7) is 6.48. The number of aryl methyl sites for hydroxylation is 3. The van der Waals surface area contributed by atoms with E-state index in [1.807, 2.05) is 50.0 Å². The number of nitrogens with zero attached hydrogens (tertiary/aromatic N) is 3. The maximum Gasteiger partial charge on any atom is 0.225 e. The van der Waals surface area contributed by atoms with Crippen LogP contribution in [-0.2, 0) is 11.3 Å². The molecule has 0 bridgehead atoms. The van der Waals surface area contributed by atoms with Gasteiger partial charge in [-0.2, -0.15) is 5.10 Å². The van der Waals surface area contributed by atoms with Gasteiger partial charge in [0.1, 0.15) is 0 Å².